The van der Waals surface area contributed by atoms with Gasteiger partial charge in [0, 0.05) is 5.69 Å². The maximum absolute atomic E-state index is 12.8. The number of sulfone groups is 1. The molecule has 1 fully saturated rings. The molecule has 1 aliphatic carbocycles. The third-order valence-electron chi connectivity index (χ3n) is 4.21. The lowest BCUT2D eigenvalue weighted by atomic mass is 9.83. The second-order valence-corrected chi connectivity index (χ2v) is 9.72. The lowest BCUT2D eigenvalue weighted by Crippen LogP contribution is -2.31. The molecule has 0 aliphatic heterocycles. The highest BCUT2D eigenvalue weighted by Crippen LogP contribution is 2.37. The van der Waals surface area contributed by atoms with Gasteiger partial charge < -0.3 is 5.73 Å². The minimum absolute atomic E-state index is 0.245. The normalized spacial score (nSPS) is 27.0. The fourth-order valence-electron chi connectivity index (χ4n) is 3.31. The first kappa shape index (κ1) is 14.8. The van der Waals surface area contributed by atoms with Gasteiger partial charge in [0.1, 0.15) is 0 Å². The van der Waals surface area contributed by atoms with Crippen molar-refractivity contribution in [1.82, 2.24) is 4.98 Å². The van der Waals surface area contributed by atoms with Gasteiger partial charge in [0.2, 0.25) is 14.2 Å². The van der Waals surface area contributed by atoms with Gasteiger partial charge in [-0.2, -0.15) is 0 Å². The molecule has 0 spiro atoms. The van der Waals surface area contributed by atoms with Crippen LogP contribution in [0.4, 0.5) is 5.69 Å². The summed E-state index contributed by atoms with van der Waals surface area (Å²) in [5.41, 5.74) is 7.10. The Bertz CT molecular complexity index is 757. The van der Waals surface area contributed by atoms with Crippen LogP contribution in [0.2, 0.25) is 0 Å². The minimum Gasteiger partial charge on any atom is -0.399 e. The van der Waals surface area contributed by atoms with Crippen LogP contribution in [0.25, 0.3) is 10.2 Å². The number of rotatable bonds is 2. The summed E-state index contributed by atoms with van der Waals surface area (Å²) in [7, 11) is -3.34. The van der Waals surface area contributed by atoms with Crippen LogP contribution in [0.1, 0.15) is 33.1 Å². The van der Waals surface area contributed by atoms with Crippen molar-refractivity contribution in [2.24, 2.45) is 11.8 Å². The molecule has 0 bridgehead atoms. The van der Waals surface area contributed by atoms with Crippen molar-refractivity contribution in [2.45, 2.75) is 42.7 Å². The van der Waals surface area contributed by atoms with Gasteiger partial charge in [-0.05, 0) is 49.3 Å². The Labute approximate surface area is 129 Å². The zero-order valence-corrected chi connectivity index (χ0v) is 13.9. The highest BCUT2D eigenvalue weighted by molar-refractivity contribution is 7.94. The van der Waals surface area contributed by atoms with E-state index in [-0.39, 0.29) is 9.59 Å². The predicted octanol–water partition coefficient (Wildman–Crippen LogP) is 3.48. The van der Waals surface area contributed by atoms with E-state index in [1.807, 2.05) is 0 Å². The molecule has 0 radical (unpaired) electrons. The fourth-order valence-corrected chi connectivity index (χ4v) is 6.87. The topological polar surface area (TPSA) is 73.0 Å². The first-order valence-electron chi connectivity index (χ1n) is 7.26. The Balaban J connectivity index is 1.99. The molecule has 114 valence electrons. The Morgan fingerprint density at radius 2 is 1.86 bits per heavy atom. The monoisotopic (exact) mass is 324 g/mol. The third-order valence-corrected chi connectivity index (χ3v) is 7.81. The fraction of sp³-hybridized carbons (Fsp3) is 0.533. The zero-order valence-electron chi connectivity index (χ0n) is 12.2. The van der Waals surface area contributed by atoms with E-state index in [1.165, 1.54) is 11.3 Å². The average Bonchev–Trinajstić information content (AvgIpc) is 2.81. The van der Waals surface area contributed by atoms with Crippen molar-refractivity contribution in [3.05, 3.63) is 18.2 Å². The first-order chi connectivity index (χ1) is 9.86. The standard InChI is InChI=1S/C15H20N2O2S2/c1-9-5-10(2)7-12(6-9)21(18,19)15-17-13-4-3-11(16)8-14(13)20-15/h3-4,8-10,12H,5-7,16H2,1-2H3. The number of nitrogen functional groups attached to an aromatic ring is 1. The van der Waals surface area contributed by atoms with Crippen molar-refractivity contribution in [3.63, 3.8) is 0 Å². The number of benzene rings is 1. The van der Waals surface area contributed by atoms with Crippen LogP contribution in [-0.2, 0) is 9.84 Å². The van der Waals surface area contributed by atoms with E-state index in [9.17, 15) is 8.42 Å². The molecule has 0 amide bonds. The lowest BCUT2D eigenvalue weighted by molar-refractivity contribution is 0.301. The lowest BCUT2D eigenvalue weighted by Gasteiger charge is -2.30. The van der Waals surface area contributed by atoms with Gasteiger partial charge in [-0.1, -0.05) is 13.8 Å². The molecule has 2 unspecified atom stereocenters. The molecule has 2 aromatic rings. The van der Waals surface area contributed by atoms with E-state index in [0.29, 0.717) is 23.0 Å². The van der Waals surface area contributed by atoms with Crippen LogP contribution in [0.15, 0.2) is 22.5 Å². The Morgan fingerprint density at radius 3 is 2.52 bits per heavy atom. The van der Waals surface area contributed by atoms with Crippen molar-refractivity contribution >= 4 is 37.1 Å². The highest BCUT2D eigenvalue weighted by atomic mass is 32.2. The molecular weight excluding hydrogens is 304 g/mol. The van der Waals surface area contributed by atoms with Crippen LogP contribution in [0.3, 0.4) is 0 Å². The predicted molar refractivity (Wildman–Crippen MR) is 87.2 cm³/mol. The molecule has 3 rings (SSSR count). The van der Waals surface area contributed by atoms with Crippen molar-refractivity contribution in [3.8, 4) is 0 Å². The van der Waals surface area contributed by atoms with Crippen LogP contribution in [0.5, 0.6) is 0 Å². The van der Waals surface area contributed by atoms with E-state index in [2.05, 4.69) is 18.8 Å². The summed E-state index contributed by atoms with van der Waals surface area (Å²) in [5, 5.41) is -0.297. The van der Waals surface area contributed by atoms with Crippen LogP contribution < -0.4 is 5.73 Å². The number of nitrogens with two attached hydrogens (primary N) is 1. The summed E-state index contributed by atoms with van der Waals surface area (Å²) in [4.78, 5) is 4.33. The molecule has 1 aliphatic rings. The summed E-state index contributed by atoms with van der Waals surface area (Å²) in [5.74, 6) is 0.914. The van der Waals surface area contributed by atoms with Crippen molar-refractivity contribution in [2.75, 3.05) is 5.73 Å². The molecule has 1 saturated carbocycles. The van der Waals surface area contributed by atoms with Gasteiger partial charge >= 0.3 is 0 Å². The average molecular weight is 324 g/mol. The second kappa shape index (κ2) is 5.25. The van der Waals surface area contributed by atoms with Crippen LogP contribution in [0, 0.1) is 11.8 Å². The molecule has 0 saturated heterocycles. The van der Waals surface area contributed by atoms with Gasteiger partial charge in [0.05, 0.1) is 15.5 Å². The quantitative estimate of drug-likeness (QED) is 0.858. The number of anilines is 1. The molecule has 21 heavy (non-hydrogen) atoms. The molecule has 1 heterocycles. The zero-order chi connectivity index (χ0) is 15.2. The van der Waals surface area contributed by atoms with Crippen LogP contribution in [-0.4, -0.2) is 18.7 Å². The number of thiazole rings is 1. The summed E-state index contributed by atoms with van der Waals surface area (Å²) in [6.07, 6.45) is 2.60. The third kappa shape index (κ3) is 2.79. The molecule has 1 aromatic carbocycles. The van der Waals surface area contributed by atoms with E-state index in [4.69, 9.17) is 5.73 Å². The number of fused-ring (bicyclic) bond motifs is 1. The van der Waals surface area contributed by atoms with E-state index < -0.39 is 9.84 Å². The van der Waals surface area contributed by atoms with Gasteiger partial charge in [-0.25, -0.2) is 13.4 Å². The first-order valence-corrected chi connectivity index (χ1v) is 9.62. The number of nitrogens with zero attached hydrogens (tertiary/aromatic N) is 1. The van der Waals surface area contributed by atoms with Crippen LogP contribution >= 0.6 is 11.3 Å². The van der Waals surface area contributed by atoms with E-state index >= 15 is 0 Å². The minimum atomic E-state index is -3.34. The largest absolute Gasteiger partial charge is 0.399 e. The number of hydrogen-bond donors (Lipinski definition) is 1. The smallest absolute Gasteiger partial charge is 0.210 e. The van der Waals surface area contributed by atoms with Gasteiger partial charge in [-0.15, -0.1) is 11.3 Å². The Morgan fingerprint density at radius 1 is 1.19 bits per heavy atom. The summed E-state index contributed by atoms with van der Waals surface area (Å²) < 4.78 is 26.8. The molecule has 4 nitrogen and oxygen atoms in total. The summed E-state index contributed by atoms with van der Waals surface area (Å²) >= 11 is 1.24. The Hall–Kier alpha value is -1.14. The molecule has 2 N–H and O–H groups in total. The maximum Gasteiger partial charge on any atom is 0.210 e. The maximum atomic E-state index is 12.8. The van der Waals surface area contributed by atoms with Crippen molar-refractivity contribution < 1.29 is 8.42 Å². The summed E-state index contributed by atoms with van der Waals surface area (Å²) in [6.45, 7) is 4.27. The Kier molecular flexibility index (Phi) is 3.69. The molecular formula is C15H20N2O2S2. The SMILES string of the molecule is CC1CC(C)CC(S(=O)(=O)c2nc3ccc(N)cc3s2)C1. The van der Waals surface area contributed by atoms with Gasteiger partial charge in [0.25, 0.3) is 0 Å². The van der Waals surface area contributed by atoms with Gasteiger partial charge in [0.15, 0.2) is 0 Å². The van der Waals surface area contributed by atoms with E-state index in [1.54, 1.807) is 18.2 Å². The van der Waals surface area contributed by atoms with E-state index in [0.717, 1.165) is 24.0 Å². The molecule has 1 aromatic heterocycles. The molecule has 6 heteroatoms. The van der Waals surface area contributed by atoms with Crippen molar-refractivity contribution in [1.29, 1.82) is 0 Å². The second-order valence-electron chi connectivity index (χ2n) is 6.29. The highest BCUT2D eigenvalue weighted by Gasteiger charge is 2.36. The van der Waals surface area contributed by atoms with Gasteiger partial charge in [-0.3, -0.25) is 0 Å². The number of hydrogen-bond acceptors (Lipinski definition) is 5. The summed E-state index contributed by atoms with van der Waals surface area (Å²) in [6, 6.07) is 5.33. The molecule has 2 atom stereocenters. The number of aromatic nitrogens is 1.